The number of halogens is 1. The van der Waals surface area contributed by atoms with Crippen LogP contribution < -0.4 is 0 Å². The Balaban J connectivity index is 1.37. The maximum Gasteiger partial charge on any atom is 0.219 e. The fraction of sp³-hybridized carbons (Fsp3) is 0.524. The highest BCUT2D eigenvalue weighted by atomic mass is 35.5. The number of hydrogen-bond donors (Lipinski definition) is 1. The molecule has 6 nitrogen and oxygen atoms in total. The van der Waals surface area contributed by atoms with Crippen molar-refractivity contribution in [3.8, 4) is 5.69 Å². The van der Waals surface area contributed by atoms with Crippen LogP contribution in [0, 0.1) is 5.41 Å². The first kappa shape index (κ1) is 19.4. The van der Waals surface area contributed by atoms with E-state index in [-0.39, 0.29) is 11.3 Å². The van der Waals surface area contributed by atoms with Gasteiger partial charge in [0.2, 0.25) is 5.91 Å². The Morgan fingerprint density at radius 2 is 2.07 bits per heavy atom. The number of β-amino-alcohol motifs (C(OH)–C–C–N with tert-alkyl or cyclic N) is 1. The van der Waals surface area contributed by atoms with E-state index < -0.39 is 6.10 Å². The minimum Gasteiger partial charge on any atom is -0.391 e. The predicted octanol–water partition coefficient (Wildman–Crippen LogP) is 2.72. The monoisotopic (exact) mass is 402 g/mol. The van der Waals surface area contributed by atoms with Gasteiger partial charge in [0.05, 0.1) is 23.0 Å². The minimum absolute atomic E-state index is 0.0571. The molecule has 2 aliphatic rings. The van der Waals surface area contributed by atoms with Crippen LogP contribution in [0.4, 0.5) is 0 Å². The Labute approximate surface area is 170 Å². The van der Waals surface area contributed by atoms with Gasteiger partial charge < -0.3 is 10.0 Å². The lowest BCUT2D eigenvalue weighted by atomic mass is 9.71. The third-order valence-electron chi connectivity index (χ3n) is 6.13. The maximum absolute atomic E-state index is 11.8. The van der Waals surface area contributed by atoms with E-state index in [0.717, 1.165) is 56.7 Å². The minimum atomic E-state index is -0.405. The second-order valence-electron chi connectivity index (χ2n) is 8.28. The Hall–Kier alpha value is -1.89. The van der Waals surface area contributed by atoms with Crippen molar-refractivity contribution in [2.45, 2.75) is 38.8 Å². The summed E-state index contributed by atoms with van der Waals surface area (Å²) in [4.78, 5) is 16.1. The summed E-state index contributed by atoms with van der Waals surface area (Å²) >= 11 is 6.27. The lowest BCUT2D eigenvalue weighted by Crippen LogP contribution is -2.54. The second kappa shape index (κ2) is 7.85. The van der Waals surface area contributed by atoms with Crippen LogP contribution in [0.1, 0.15) is 31.7 Å². The van der Waals surface area contributed by atoms with Gasteiger partial charge in [-0.2, -0.15) is 5.10 Å². The number of aliphatic hydroxyl groups is 1. The molecule has 3 heterocycles. The number of carbonyl (C=O) groups excluding carboxylic acids is 1. The number of para-hydroxylation sites is 1. The molecule has 1 aromatic carbocycles. The molecule has 28 heavy (non-hydrogen) atoms. The Morgan fingerprint density at radius 3 is 2.79 bits per heavy atom. The van der Waals surface area contributed by atoms with Crippen molar-refractivity contribution in [1.82, 2.24) is 19.6 Å². The highest BCUT2D eigenvalue weighted by Crippen LogP contribution is 2.40. The predicted molar refractivity (Wildman–Crippen MR) is 108 cm³/mol. The number of hydrogen-bond acceptors (Lipinski definition) is 4. The molecule has 2 saturated heterocycles. The van der Waals surface area contributed by atoms with Crippen LogP contribution in [-0.4, -0.2) is 62.9 Å². The smallest absolute Gasteiger partial charge is 0.219 e. The number of rotatable bonds is 3. The van der Waals surface area contributed by atoms with Crippen molar-refractivity contribution < 1.29 is 9.90 Å². The van der Waals surface area contributed by atoms with Crippen molar-refractivity contribution in [1.29, 1.82) is 0 Å². The summed E-state index contributed by atoms with van der Waals surface area (Å²) in [5.74, 6) is 0.0625. The van der Waals surface area contributed by atoms with Gasteiger partial charge in [-0.25, -0.2) is 4.68 Å². The summed E-state index contributed by atoms with van der Waals surface area (Å²) in [6.07, 6.45) is 6.34. The first-order valence-electron chi connectivity index (χ1n) is 9.89. The number of aromatic nitrogens is 2. The van der Waals surface area contributed by atoms with Crippen molar-refractivity contribution >= 4 is 17.5 Å². The zero-order valence-corrected chi connectivity index (χ0v) is 17.0. The van der Waals surface area contributed by atoms with Crippen LogP contribution in [0.5, 0.6) is 0 Å². The SMILES string of the molecule is CC(=O)N1CC(O)CC2(CCN(Cc3cnn(-c4ccccc4Cl)c3)CC2)C1. The van der Waals surface area contributed by atoms with E-state index in [2.05, 4.69) is 10.00 Å². The van der Waals surface area contributed by atoms with Gasteiger partial charge in [-0.1, -0.05) is 23.7 Å². The van der Waals surface area contributed by atoms with Crippen LogP contribution in [0.25, 0.3) is 5.69 Å². The zero-order chi connectivity index (χ0) is 19.7. The normalized spacial score (nSPS) is 22.5. The summed E-state index contributed by atoms with van der Waals surface area (Å²) < 4.78 is 1.82. The van der Waals surface area contributed by atoms with Gasteiger partial charge in [0, 0.05) is 38.3 Å². The van der Waals surface area contributed by atoms with Crippen molar-refractivity contribution in [3.63, 3.8) is 0 Å². The van der Waals surface area contributed by atoms with Crippen molar-refractivity contribution in [2.24, 2.45) is 5.41 Å². The molecular formula is C21H27ClN4O2. The van der Waals surface area contributed by atoms with Crippen molar-refractivity contribution in [2.75, 3.05) is 26.2 Å². The molecule has 1 amide bonds. The summed E-state index contributed by atoms with van der Waals surface area (Å²) in [5, 5.41) is 15.4. The molecule has 0 bridgehead atoms. The Morgan fingerprint density at radius 1 is 1.32 bits per heavy atom. The first-order valence-corrected chi connectivity index (χ1v) is 10.3. The third-order valence-corrected chi connectivity index (χ3v) is 6.45. The number of benzene rings is 1. The van der Waals surface area contributed by atoms with E-state index in [0.29, 0.717) is 11.6 Å². The van der Waals surface area contributed by atoms with E-state index >= 15 is 0 Å². The molecule has 0 radical (unpaired) electrons. The fourth-order valence-electron chi connectivity index (χ4n) is 4.61. The van der Waals surface area contributed by atoms with Gasteiger partial charge in [0.1, 0.15) is 0 Å². The molecular weight excluding hydrogens is 376 g/mol. The van der Waals surface area contributed by atoms with Gasteiger partial charge in [-0.3, -0.25) is 9.69 Å². The van der Waals surface area contributed by atoms with Crippen LogP contribution in [0.2, 0.25) is 5.02 Å². The third kappa shape index (κ3) is 4.09. The Kier molecular flexibility index (Phi) is 5.45. The van der Waals surface area contributed by atoms with E-state index in [1.165, 1.54) is 0 Å². The molecule has 0 saturated carbocycles. The lowest BCUT2D eigenvalue weighted by molar-refractivity contribution is -0.138. The topological polar surface area (TPSA) is 61.6 Å². The molecule has 4 rings (SSSR count). The summed E-state index contributed by atoms with van der Waals surface area (Å²) in [6.45, 7) is 5.63. The number of piperidine rings is 2. The summed E-state index contributed by atoms with van der Waals surface area (Å²) in [6, 6.07) is 7.69. The van der Waals surface area contributed by atoms with E-state index in [1.807, 2.05) is 46.2 Å². The van der Waals surface area contributed by atoms with E-state index in [1.54, 1.807) is 6.92 Å². The van der Waals surface area contributed by atoms with Gasteiger partial charge in [-0.05, 0) is 49.9 Å². The number of aliphatic hydroxyl groups excluding tert-OH is 1. The molecule has 0 aliphatic carbocycles. The number of likely N-dealkylation sites (tertiary alicyclic amines) is 2. The van der Waals surface area contributed by atoms with Crippen LogP contribution in [0.15, 0.2) is 36.7 Å². The number of carbonyl (C=O) groups is 1. The largest absolute Gasteiger partial charge is 0.391 e. The molecule has 1 aromatic heterocycles. The summed E-state index contributed by atoms with van der Waals surface area (Å²) in [5.41, 5.74) is 2.10. The molecule has 7 heteroatoms. The van der Waals surface area contributed by atoms with Crippen molar-refractivity contribution in [3.05, 3.63) is 47.2 Å². The van der Waals surface area contributed by atoms with Gasteiger partial charge in [0.25, 0.3) is 0 Å². The van der Waals surface area contributed by atoms with E-state index in [9.17, 15) is 9.90 Å². The standard InChI is InChI=1S/C21H27ClN4O2/c1-16(27)25-14-18(28)10-21(15-25)6-8-24(9-7-21)12-17-11-23-26(13-17)20-5-3-2-4-19(20)22/h2-5,11,13,18,28H,6-10,12,14-15H2,1H3. The molecule has 1 spiro atoms. The van der Waals surface area contributed by atoms with Crippen LogP contribution >= 0.6 is 11.6 Å². The quantitative estimate of drug-likeness (QED) is 0.857. The second-order valence-corrected chi connectivity index (χ2v) is 8.69. The molecule has 1 N–H and O–H groups in total. The molecule has 2 aromatic rings. The van der Waals surface area contributed by atoms with Gasteiger partial charge in [-0.15, -0.1) is 0 Å². The highest BCUT2D eigenvalue weighted by molar-refractivity contribution is 6.32. The average molecular weight is 403 g/mol. The van der Waals surface area contributed by atoms with Crippen LogP contribution in [0.3, 0.4) is 0 Å². The molecule has 2 fully saturated rings. The van der Waals surface area contributed by atoms with Gasteiger partial charge in [0.15, 0.2) is 0 Å². The van der Waals surface area contributed by atoms with Crippen LogP contribution in [-0.2, 0) is 11.3 Å². The molecule has 1 unspecified atom stereocenters. The number of amides is 1. The summed E-state index contributed by atoms with van der Waals surface area (Å²) in [7, 11) is 0. The van der Waals surface area contributed by atoms with Gasteiger partial charge >= 0.3 is 0 Å². The molecule has 1 atom stereocenters. The number of nitrogens with zero attached hydrogens (tertiary/aromatic N) is 4. The fourth-order valence-corrected chi connectivity index (χ4v) is 4.83. The average Bonchev–Trinajstić information content (AvgIpc) is 3.12. The molecule has 2 aliphatic heterocycles. The zero-order valence-electron chi connectivity index (χ0n) is 16.2. The van der Waals surface area contributed by atoms with E-state index in [4.69, 9.17) is 11.6 Å². The Bertz CT molecular complexity index is 844. The lowest BCUT2D eigenvalue weighted by Gasteiger charge is -2.49. The first-order chi connectivity index (χ1) is 13.4. The maximum atomic E-state index is 11.8. The highest BCUT2D eigenvalue weighted by Gasteiger charge is 2.42. The molecule has 150 valence electrons.